The van der Waals surface area contributed by atoms with Gasteiger partial charge in [-0.3, -0.25) is 4.79 Å². The normalized spacial score (nSPS) is 10.2. The van der Waals surface area contributed by atoms with Crippen molar-refractivity contribution in [1.29, 1.82) is 0 Å². The van der Waals surface area contributed by atoms with Crippen LogP contribution in [0.3, 0.4) is 0 Å². The van der Waals surface area contributed by atoms with Crippen LogP contribution in [0.5, 0.6) is 0 Å². The van der Waals surface area contributed by atoms with E-state index in [2.05, 4.69) is 10.5 Å². The van der Waals surface area contributed by atoms with Crippen molar-refractivity contribution < 1.29 is 9.53 Å². The van der Waals surface area contributed by atoms with E-state index in [1.165, 1.54) is 0 Å². The van der Waals surface area contributed by atoms with E-state index >= 15 is 0 Å². The topological polar surface area (TPSA) is 50.7 Å². The molecule has 4 heteroatoms. The van der Waals surface area contributed by atoms with Crippen molar-refractivity contribution in [1.82, 2.24) is 5.43 Å². The molecule has 0 aliphatic heterocycles. The van der Waals surface area contributed by atoms with Gasteiger partial charge in [-0.1, -0.05) is 72.8 Å². The predicted octanol–water partition coefficient (Wildman–Crippen LogP) is 4.02. The number of amides is 1. The number of benzene rings is 3. The molecule has 3 aromatic rings. The summed E-state index contributed by atoms with van der Waals surface area (Å²) in [6.07, 6.45) is 0. The molecule has 0 saturated heterocycles. The lowest BCUT2D eigenvalue weighted by Crippen LogP contribution is -2.20. The average molecular weight is 344 g/mol. The van der Waals surface area contributed by atoms with Crippen molar-refractivity contribution in [3.63, 3.8) is 0 Å². The Morgan fingerprint density at radius 2 is 1.35 bits per heavy atom. The number of hydrogen-bond donors (Lipinski definition) is 1. The van der Waals surface area contributed by atoms with Gasteiger partial charge in [-0.15, -0.1) is 0 Å². The molecular weight excluding hydrogens is 324 g/mol. The summed E-state index contributed by atoms with van der Waals surface area (Å²) in [6, 6.07) is 26.9. The number of methoxy groups -OCH3 is 1. The van der Waals surface area contributed by atoms with Crippen LogP contribution in [-0.2, 0) is 11.3 Å². The number of nitrogens with zero attached hydrogens (tertiary/aromatic N) is 1. The highest BCUT2D eigenvalue weighted by Crippen LogP contribution is 2.11. The number of carbonyl (C=O) groups excluding carboxylic acids is 1. The third-order valence-electron chi connectivity index (χ3n) is 3.89. The van der Waals surface area contributed by atoms with Crippen LogP contribution in [0, 0.1) is 0 Å². The van der Waals surface area contributed by atoms with Gasteiger partial charge in [-0.25, -0.2) is 5.43 Å². The van der Waals surface area contributed by atoms with E-state index in [0.717, 1.165) is 22.4 Å². The Hall–Kier alpha value is -3.24. The summed E-state index contributed by atoms with van der Waals surface area (Å²) in [5, 5.41) is 4.39. The molecule has 3 aromatic carbocycles. The average Bonchev–Trinajstić information content (AvgIpc) is 2.70. The number of carbonyl (C=O) groups is 1. The Morgan fingerprint density at radius 1 is 0.808 bits per heavy atom. The SMILES string of the molecule is COCc1ccc(C(=O)NN=C(c2ccccc2)c2ccccc2)cc1. The Kier molecular flexibility index (Phi) is 5.91. The highest BCUT2D eigenvalue weighted by molar-refractivity contribution is 6.13. The summed E-state index contributed by atoms with van der Waals surface area (Å²) in [5.74, 6) is -0.252. The predicted molar refractivity (Wildman–Crippen MR) is 103 cm³/mol. The number of hydrogen-bond acceptors (Lipinski definition) is 3. The van der Waals surface area contributed by atoms with E-state index in [1.54, 1.807) is 19.2 Å². The fourth-order valence-corrected chi connectivity index (χ4v) is 2.58. The van der Waals surface area contributed by atoms with Crippen molar-refractivity contribution in [2.45, 2.75) is 6.61 Å². The molecule has 0 bridgehead atoms. The molecule has 0 saturated carbocycles. The van der Waals surface area contributed by atoms with Crippen LogP contribution >= 0.6 is 0 Å². The number of ether oxygens (including phenoxy) is 1. The standard InChI is InChI=1S/C22H20N2O2/c1-26-16-17-12-14-20(15-13-17)22(25)24-23-21(18-8-4-2-5-9-18)19-10-6-3-7-11-19/h2-15H,16H2,1H3,(H,24,25). The monoisotopic (exact) mass is 344 g/mol. The van der Waals surface area contributed by atoms with Gasteiger partial charge >= 0.3 is 0 Å². The van der Waals surface area contributed by atoms with Gasteiger partial charge in [0.25, 0.3) is 5.91 Å². The van der Waals surface area contributed by atoms with Crippen LogP contribution in [0.4, 0.5) is 0 Å². The Bertz CT molecular complexity index is 832. The summed E-state index contributed by atoms with van der Waals surface area (Å²) in [5.41, 5.74) is 6.83. The maximum absolute atomic E-state index is 12.4. The van der Waals surface area contributed by atoms with Crippen LogP contribution < -0.4 is 5.43 Å². The summed E-state index contributed by atoms with van der Waals surface area (Å²) >= 11 is 0. The van der Waals surface area contributed by atoms with E-state index in [0.29, 0.717) is 12.2 Å². The van der Waals surface area contributed by atoms with E-state index in [1.807, 2.05) is 72.8 Å². The molecule has 0 unspecified atom stereocenters. The molecule has 26 heavy (non-hydrogen) atoms. The summed E-state index contributed by atoms with van der Waals surface area (Å²) in [4.78, 5) is 12.4. The molecule has 0 aliphatic rings. The molecule has 1 N–H and O–H groups in total. The number of rotatable bonds is 6. The van der Waals surface area contributed by atoms with E-state index in [-0.39, 0.29) is 5.91 Å². The molecule has 0 spiro atoms. The Balaban J connectivity index is 1.83. The molecule has 3 rings (SSSR count). The Morgan fingerprint density at radius 3 is 1.85 bits per heavy atom. The van der Waals surface area contributed by atoms with Gasteiger partial charge in [0.1, 0.15) is 0 Å². The van der Waals surface area contributed by atoms with E-state index in [4.69, 9.17) is 4.74 Å². The minimum Gasteiger partial charge on any atom is -0.380 e. The fourth-order valence-electron chi connectivity index (χ4n) is 2.58. The quantitative estimate of drug-likeness (QED) is 0.542. The van der Waals surface area contributed by atoms with Crippen LogP contribution in [0.25, 0.3) is 0 Å². The Labute approximate surface area is 153 Å². The third kappa shape index (κ3) is 4.43. The minimum atomic E-state index is -0.252. The molecular formula is C22H20N2O2. The summed E-state index contributed by atoms with van der Waals surface area (Å²) in [6.45, 7) is 0.520. The summed E-state index contributed by atoms with van der Waals surface area (Å²) in [7, 11) is 1.64. The highest BCUT2D eigenvalue weighted by Gasteiger charge is 2.09. The number of hydrazone groups is 1. The van der Waals surface area contributed by atoms with Gasteiger partial charge in [0.05, 0.1) is 12.3 Å². The second-order valence-corrected chi connectivity index (χ2v) is 5.76. The molecule has 0 aliphatic carbocycles. The maximum atomic E-state index is 12.4. The summed E-state index contributed by atoms with van der Waals surface area (Å²) < 4.78 is 5.08. The zero-order chi connectivity index (χ0) is 18.2. The van der Waals surface area contributed by atoms with Gasteiger partial charge < -0.3 is 4.74 Å². The van der Waals surface area contributed by atoms with Crippen molar-refractivity contribution >= 4 is 11.6 Å². The second kappa shape index (κ2) is 8.74. The largest absolute Gasteiger partial charge is 0.380 e. The van der Waals surface area contributed by atoms with Crippen LogP contribution in [0.1, 0.15) is 27.0 Å². The van der Waals surface area contributed by atoms with E-state index in [9.17, 15) is 4.79 Å². The minimum absolute atomic E-state index is 0.252. The van der Waals surface area contributed by atoms with Crippen LogP contribution in [0.15, 0.2) is 90.0 Å². The first-order chi connectivity index (χ1) is 12.8. The van der Waals surface area contributed by atoms with Crippen molar-refractivity contribution in [3.8, 4) is 0 Å². The first kappa shape index (κ1) is 17.6. The first-order valence-electron chi connectivity index (χ1n) is 8.34. The smallest absolute Gasteiger partial charge is 0.271 e. The van der Waals surface area contributed by atoms with Crippen molar-refractivity contribution in [2.75, 3.05) is 7.11 Å². The third-order valence-corrected chi connectivity index (χ3v) is 3.89. The lowest BCUT2D eigenvalue weighted by molar-refractivity contribution is 0.0955. The first-order valence-corrected chi connectivity index (χ1v) is 8.34. The lowest BCUT2D eigenvalue weighted by Gasteiger charge is -2.08. The zero-order valence-electron chi connectivity index (χ0n) is 14.6. The van der Waals surface area contributed by atoms with Crippen LogP contribution in [-0.4, -0.2) is 18.7 Å². The molecule has 0 aromatic heterocycles. The molecule has 0 heterocycles. The van der Waals surface area contributed by atoms with Gasteiger partial charge in [-0.05, 0) is 17.7 Å². The van der Waals surface area contributed by atoms with Gasteiger partial charge in [0, 0.05) is 23.8 Å². The highest BCUT2D eigenvalue weighted by atomic mass is 16.5. The molecule has 0 fully saturated rings. The molecule has 0 radical (unpaired) electrons. The number of nitrogens with one attached hydrogen (secondary N) is 1. The van der Waals surface area contributed by atoms with E-state index < -0.39 is 0 Å². The maximum Gasteiger partial charge on any atom is 0.271 e. The van der Waals surface area contributed by atoms with Crippen molar-refractivity contribution in [3.05, 3.63) is 107 Å². The fraction of sp³-hybridized carbons (Fsp3) is 0.0909. The molecule has 130 valence electrons. The zero-order valence-corrected chi connectivity index (χ0v) is 14.6. The van der Waals surface area contributed by atoms with Gasteiger partial charge in [-0.2, -0.15) is 5.10 Å². The molecule has 0 atom stereocenters. The van der Waals surface area contributed by atoms with Gasteiger partial charge in [0.2, 0.25) is 0 Å². The second-order valence-electron chi connectivity index (χ2n) is 5.76. The van der Waals surface area contributed by atoms with Crippen LogP contribution in [0.2, 0.25) is 0 Å². The lowest BCUT2D eigenvalue weighted by atomic mass is 10.0. The van der Waals surface area contributed by atoms with Crippen molar-refractivity contribution in [2.24, 2.45) is 5.10 Å². The van der Waals surface area contributed by atoms with Gasteiger partial charge in [0.15, 0.2) is 0 Å². The molecule has 4 nitrogen and oxygen atoms in total. The molecule has 1 amide bonds.